The van der Waals surface area contributed by atoms with Crippen molar-refractivity contribution in [3.05, 3.63) is 29.8 Å². The number of sulfonamides is 1. The lowest BCUT2D eigenvalue weighted by Crippen LogP contribution is -2.34. The summed E-state index contributed by atoms with van der Waals surface area (Å²) in [5, 5.41) is 3.03. The second-order valence-corrected chi connectivity index (χ2v) is 6.45. The van der Waals surface area contributed by atoms with Crippen LogP contribution in [0.1, 0.15) is 25.8 Å². The Balaban J connectivity index is 2.98. The molecule has 0 aliphatic heterocycles. The molecular formula is C13H22N2O2S. The first kappa shape index (κ1) is 15.1. The number of nitrogens with zero attached hydrogens (tertiary/aromatic N) is 1. The summed E-state index contributed by atoms with van der Waals surface area (Å²) < 4.78 is 26.1. The Kier molecular flexibility index (Phi) is 5.31. The molecular weight excluding hydrogens is 248 g/mol. The van der Waals surface area contributed by atoms with Crippen LogP contribution in [0.3, 0.4) is 0 Å². The highest BCUT2D eigenvalue weighted by atomic mass is 32.2. The van der Waals surface area contributed by atoms with Crippen LogP contribution in [0, 0.1) is 0 Å². The Morgan fingerprint density at radius 3 is 2.28 bits per heavy atom. The van der Waals surface area contributed by atoms with Crippen molar-refractivity contribution < 1.29 is 8.42 Å². The molecule has 0 amide bonds. The lowest BCUT2D eigenvalue weighted by Gasteiger charge is -2.23. The van der Waals surface area contributed by atoms with Crippen LogP contribution in [0.4, 0.5) is 0 Å². The van der Waals surface area contributed by atoms with Gasteiger partial charge in [-0.1, -0.05) is 19.1 Å². The molecule has 0 saturated carbocycles. The summed E-state index contributed by atoms with van der Waals surface area (Å²) in [4.78, 5) is 0.352. The first-order valence-electron chi connectivity index (χ1n) is 6.15. The largest absolute Gasteiger partial charge is 0.316 e. The predicted octanol–water partition coefficient (Wildman–Crippen LogP) is 1.83. The Morgan fingerprint density at radius 2 is 1.83 bits per heavy atom. The number of nitrogens with one attached hydrogen (secondary N) is 1. The van der Waals surface area contributed by atoms with Crippen molar-refractivity contribution in [2.24, 2.45) is 0 Å². The van der Waals surface area contributed by atoms with E-state index in [4.69, 9.17) is 0 Å². The summed E-state index contributed by atoms with van der Waals surface area (Å²) in [6.45, 7) is 4.63. The van der Waals surface area contributed by atoms with Gasteiger partial charge < -0.3 is 5.32 Å². The van der Waals surface area contributed by atoms with E-state index in [2.05, 4.69) is 5.32 Å². The molecule has 5 heteroatoms. The van der Waals surface area contributed by atoms with Crippen molar-refractivity contribution in [2.45, 2.75) is 37.8 Å². The minimum absolute atomic E-state index is 0.00647. The molecule has 1 unspecified atom stereocenters. The van der Waals surface area contributed by atoms with Crippen LogP contribution in [0.5, 0.6) is 0 Å². The fourth-order valence-electron chi connectivity index (χ4n) is 1.64. The summed E-state index contributed by atoms with van der Waals surface area (Å²) in [6, 6.07) is 7.02. The third-order valence-corrected chi connectivity index (χ3v) is 5.18. The van der Waals surface area contributed by atoms with E-state index in [1.165, 1.54) is 4.31 Å². The molecule has 0 aromatic heterocycles. The van der Waals surface area contributed by atoms with Crippen LogP contribution in [0.25, 0.3) is 0 Å². The normalized spacial score (nSPS) is 13.8. The lowest BCUT2D eigenvalue weighted by atomic mass is 10.2. The molecule has 1 N–H and O–H groups in total. The van der Waals surface area contributed by atoms with Crippen LogP contribution >= 0.6 is 0 Å². The van der Waals surface area contributed by atoms with Crippen LogP contribution < -0.4 is 5.32 Å². The number of hydrogen-bond donors (Lipinski definition) is 1. The minimum atomic E-state index is -3.37. The van der Waals surface area contributed by atoms with Gasteiger partial charge in [-0.05, 0) is 38.1 Å². The molecule has 1 aromatic carbocycles. The van der Waals surface area contributed by atoms with E-state index in [-0.39, 0.29) is 6.04 Å². The Morgan fingerprint density at radius 1 is 1.28 bits per heavy atom. The highest BCUT2D eigenvalue weighted by Gasteiger charge is 2.23. The molecule has 102 valence electrons. The molecule has 0 heterocycles. The zero-order chi connectivity index (χ0) is 13.8. The van der Waals surface area contributed by atoms with E-state index < -0.39 is 10.0 Å². The monoisotopic (exact) mass is 270 g/mol. The highest BCUT2D eigenvalue weighted by Crippen LogP contribution is 2.18. The third-order valence-electron chi connectivity index (χ3n) is 3.19. The zero-order valence-electron chi connectivity index (χ0n) is 11.5. The van der Waals surface area contributed by atoms with Gasteiger partial charge in [-0.15, -0.1) is 0 Å². The molecule has 1 aromatic rings. The molecule has 18 heavy (non-hydrogen) atoms. The molecule has 0 saturated heterocycles. The van der Waals surface area contributed by atoms with Crippen molar-refractivity contribution in [1.29, 1.82) is 0 Å². The van der Waals surface area contributed by atoms with Crippen LogP contribution in [-0.4, -0.2) is 32.9 Å². The summed E-state index contributed by atoms with van der Waals surface area (Å²) in [7, 11) is 0.123. The molecule has 4 nitrogen and oxygen atoms in total. The van der Waals surface area contributed by atoms with Crippen LogP contribution in [0.15, 0.2) is 29.2 Å². The van der Waals surface area contributed by atoms with E-state index >= 15 is 0 Å². The number of rotatable bonds is 6. The van der Waals surface area contributed by atoms with Gasteiger partial charge in [-0.3, -0.25) is 0 Å². The molecule has 1 atom stereocenters. The minimum Gasteiger partial charge on any atom is -0.316 e. The Hall–Kier alpha value is -0.910. The average molecular weight is 270 g/mol. The maximum atomic E-state index is 12.3. The summed E-state index contributed by atoms with van der Waals surface area (Å²) in [6.07, 6.45) is 0.799. The summed E-state index contributed by atoms with van der Waals surface area (Å²) in [5.74, 6) is 0. The fourth-order valence-corrected chi connectivity index (χ4v) is 3.08. The van der Waals surface area contributed by atoms with Gasteiger partial charge in [0.15, 0.2) is 0 Å². The van der Waals surface area contributed by atoms with Gasteiger partial charge in [0, 0.05) is 19.6 Å². The first-order chi connectivity index (χ1) is 8.43. The first-order valence-corrected chi connectivity index (χ1v) is 7.59. The Labute approximate surface area is 110 Å². The number of benzene rings is 1. The van der Waals surface area contributed by atoms with Gasteiger partial charge >= 0.3 is 0 Å². The fraction of sp³-hybridized carbons (Fsp3) is 0.538. The second-order valence-electron chi connectivity index (χ2n) is 4.45. The van der Waals surface area contributed by atoms with Crippen molar-refractivity contribution in [2.75, 3.05) is 14.1 Å². The number of hydrogen-bond acceptors (Lipinski definition) is 3. The van der Waals surface area contributed by atoms with Gasteiger partial charge in [-0.2, -0.15) is 4.31 Å². The molecule has 0 spiro atoms. The molecule has 0 bridgehead atoms. The van der Waals surface area contributed by atoms with Crippen LogP contribution in [-0.2, 0) is 16.6 Å². The maximum Gasteiger partial charge on any atom is 0.243 e. The van der Waals surface area contributed by atoms with Crippen molar-refractivity contribution in [3.8, 4) is 0 Å². The van der Waals surface area contributed by atoms with Crippen LogP contribution in [0.2, 0.25) is 0 Å². The van der Waals surface area contributed by atoms with E-state index in [9.17, 15) is 8.42 Å². The molecule has 1 rings (SSSR count). The van der Waals surface area contributed by atoms with Crippen molar-refractivity contribution >= 4 is 10.0 Å². The van der Waals surface area contributed by atoms with Gasteiger partial charge in [-0.25, -0.2) is 8.42 Å². The summed E-state index contributed by atoms with van der Waals surface area (Å²) >= 11 is 0. The predicted molar refractivity (Wildman–Crippen MR) is 73.9 cm³/mol. The van der Waals surface area contributed by atoms with E-state index in [1.807, 2.05) is 33.0 Å². The highest BCUT2D eigenvalue weighted by molar-refractivity contribution is 7.89. The van der Waals surface area contributed by atoms with Gasteiger partial charge in [0.05, 0.1) is 4.90 Å². The second kappa shape index (κ2) is 6.31. The molecule has 0 radical (unpaired) electrons. The van der Waals surface area contributed by atoms with Gasteiger partial charge in [0.25, 0.3) is 0 Å². The average Bonchev–Trinajstić information content (AvgIpc) is 2.38. The van der Waals surface area contributed by atoms with Crippen molar-refractivity contribution in [3.63, 3.8) is 0 Å². The SMILES string of the molecule is CCC(C)N(C)S(=O)(=O)c1ccc(CNC)cc1. The van der Waals surface area contributed by atoms with E-state index in [0.29, 0.717) is 4.90 Å². The molecule has 0 aliphatic carbocycles. The van der Waals surface area contributed by atoms with Crippen molar-refractivity contribution in [1.82, 2.24) is 9.62 Å². The zero-order valence-corrected chi connectivity index (χ0v) is 12.3. The van der Waals surface area contributed by atoms with Gasteiger partial charge in [0.1, 0.15) is 0 Å². The van der Waals surface area contributed by atoms with Gasteiger partial charge in [0.2, 0.25) is 10.0 Å². The standard InChI is InChI=1S/C13H22N2O2S/c1-5-11(2)15(4)18(16,17)13-8-6-12(7-9-13)10-14-3/h6-9,11,14H,5,10H2,1-4H3. The lowest BCUT2D eigenvalue weighted by molar-refractivity contribution is 0.380. The maximum absolute atomic E-state index is 12.3. The Bertz CT molecular complexity index is 468. The quantitative estimate of drug-likeness (QED) is 0.858. The van der Waals surface area contributed by atoms with E-state index in [1.54, 1.807) is 19.2 Å². The molecule has 0 fully saturated rings. The third kappa shape index (κ3) is 3.31. The summed E-state index contributed by atoms with van der Waals surface area (Å²) in [5.41, 5.74) is 1.07. The smallest absolute Gasteiger partial charge is 0.243 e. The topological polar surface area (TPSA) is 49.4 Å². The molecule has 0 aliphatic rings. The van der Waals surface area contributed by atoms with E-state index in [0.717, 1.165) is 18.5 Å².